The summed E-state index contributed by atoms with van der Waals surface area (Å²) < 4.78 is 15.6. The second-order valence-electron chi connectivity index (χ2n) is 10.1. The molecule has 0 aliphatic heterocycles. The SMILES string of the molecule is Cc1c(-c2ncc(C(N)=O)c3[nH]c4cc(C(C)(C)O)ccc4c23)cccc1-n1cnc2c(F)cccc2c1=O. The largest absolute Gasteiger partial charge is 0.386 e. The van der Waals surface area contributed by atoms with Gasteiger partial charge in [-0.2, -0.15) is 0 Å². The van der Waals surface area contributed by atoms with Crippen LogP contribution >= 0.6 is 0 Å². The molecule has 6 rings (SSSR count). The van der Waals surface area contributed by atoms with Gasteiger partial charge in [-0.25, -0.2) is 9.37 Å². The number of aliphatic hydroxyl groups is 1. The van der Waals surface area contributed by atoms with Crippen LogP contribution in [0.2, 0.25) is 0 Å². The van der Waals surface area contributed by atoms with Crippen LogP contribution in [0.5, 0.6) is 0 Å². The van der Waals surface area contributed by atoms with Crippen LogP contribution in [-0.2, 0) is 5.60 Å². The molecule has 3 heterocycles. The second-order valence-corrected chi connectivity index (χ2v) is 10.1. The van der Waals surface area contributed by atoms with E-state index < -0.39 is 22.9 Å². The quantitative estimate of drug-likeness (QED) is 0.306. The Hall–Kier alpha value is -4.89. The Morgan fingerprint density at radius 1 is 1.08 bits per heavy atom. The number of benzene rings is 3. The number of carbonyl (C=O) groups excluding carboxylic acids is 1. The molecule has 0 atom stereocenters. The topological polar surface area (TPSA) is 127 Å². The van der Waals surface area contributed by atoms with E-state index in [1.54, 1.807) is 32.0 Å². The van der Waals surface area contributed by atoms with Crippen molar-refractivity contribution in [3.05, 3.63) is 100.0 Å². The third-order valence-corrected chi connectivity index (χ3v) is 7.16. The third-order valence-electron chi connectivity index (χ3n) is 7.16. The van der Waals surface area contributed by atoms with Gasteiger partial charge in [-0.05, 0) is 56.2 Å². The van der Waals surface area contributed by atoms with Gasteiger partial charge in [0.15, 0.2) is 0 Å². The predicted molar refractivity (Wildman–Crippen MR) is 148 cm³/mol. The molecule has 1 amide bonds. The zero-order chi connectivity index (χ0) is 27.6. The van der Waals surface area contributed by atoms with E-state index in [0.717, 1.165) is 16.5 Å². The molecule has 3 aromatic carbocycles. The maximum atomic E-state index is 14.2. The van der Waals surface area contributed by atoms with Crippen LogP contribution in [-0.4, -0.2) is 30.5 Å². The van der Waals surface area contributed by atoms with Crippen molar-refractivity contribution in [1.29, 1.82) is 0 Å². The highest BCUT2D eigenvalue weighted by Crippen LogP contribution is 2.38. The number of para-hydroxylation sites is 1. The molecule has 0 unspecified atom stereocenters. The number of aromatic nitrogens is 4. The number of H-pyrrole nitrogens is 1. The minimum Gasteiger partial charge on any atom is -0.386 e. The summed E-state index contributed by atoms with van der Waals surface area (Å²) in [5.74, 6) is -1.18. The first-order chi connectivity index (χ1) is 18.6. The molecule has 0 fully saturated rings. The number of halogens is 1. The summed E-state index contributed by atoms with van der Waals surface area (Å²) in [5.41, 5.74) is 9.04. The van der Waals surface area contributed by atoms with Crippen molar-refractivity contribution >= 4 is 38.6 Å². The van der Waals surface area contributed by atoms with Gasteiger partial charge in [0.1, 0.15) is 17.7 Å². The molecule has 0 bridgehead atoms. The van der Waals surface area contributed by atoms with Gasteiger partial charge >= 0.3 is 0 Å². The molecule has 0 aliphatic carbocycles. The predicted octanol–water partition coefficient (Wildman–Crippen LogP) is 4.86. The molecular formula is C30H24FN5O3. The lowest BCUT2D eigenvalue weighted by atomic mass is 9.95. The van der Waals surface area contributed by atoms with Gasteiger partial charge in [-0.15, -0.1) is 0 Å². The fraction of sp³-hybridized carbons (Fsp3) is 0.133. The Bertz CT molecular complexity index is 2040. The third kappa shape index (κ3) is 3.78. The lowest BCUT2D eigenvalue weighted by molar-refractivity contribution is 0.0787. The normalized spacial score (nSPS) is 12.0. The van der Waals surface area contributed by atoms with Crippen molar-refractivity contribution in [3.63, 3.8) is 0 Å². The maximum Gasteiger partial charge on any atom is 0.265 e. The van der Waals surface area contributed by atoms with E-state index in [1.165, 1.54) is 29.2 Å². The van der Waals surface area contributed by atoms with E-state index in [9.17, 15) is 19.1 Å². The van der Waals surface area contributed by atoms with Gasteiger partial charge in [0.05, 0.1) is 33.4 Å². The van der Waals surface area contributed by atoms with E-state index in [1.807, 2.05) is 31.2 Å². The number of nitrogens with one attached hydrogen (secondary N) is 1. The molecule has 9 heteroatoms. The molecule has 0 radical (unpaired) electrons. The number of nitrogens with two attached hydrogens (primary N) is 1. The summed E-state index contributed by atoms with van der Waals surface area (Å²) in [6.07, 6.45) is 2.76. The van der Waals surface area contributed by atoms with Gasteiger partial charge in [-0.3, -0.25) is 19.1 Å². The van der Waals surface area contributed by atoms with E-state index >= 15 is 0 Å². The molecule has 39 heavy (non-hydrogen) atoms. The summed E-state index contributed by atoms with van der Waals surface area (Å²) in [6.45, 7) is 5.26. The molecule has 6 aromatic rings. The summed E-state index contributed by atoms with van der Waals surface area (Å²) in [7, 11) is 0. The Labute approximate surface area is 221 Å². The van der Waals surface area contributed by atoms with Crippen LogP contribution in [0.3, 0.4) is 0 Å². The van der Waals surface area contributed by atoms with Crippen molar-refractivity contribution in [2.24, 2.45) is 5.73 Å². The summed E-state index contributed by atoms with van der Waals surface area (Å²) in [4.78, 5) is 37.8. The fourth-order valence-corrected chi connectivity index (χ4v) is 5.10. The zero-order valence-electron chi connectivity index (χ0n) is 21.4. The number of nitrogens with zero attached hydrogens (tertiary/aromatic N) is 3. The highest BCUT2D eigenvalue weighted by atomic mass is 19.1. The molecule has 4 N–H and O–H groups in total. The lowest BCUT2D eigenvalue weighted by Gasteiger charge is -2.17. The lowest BCUT2D eigenvalue weighted by Crippen LogP contribution is -2.20. The molecule has 0 spiro atoms. The zero-order valence-corrected chi connectivity index (χ0v) is 21.4. The monoisotopic (exact) mass is 521 g/mol. The molecular weight excluding hydrogens is 497 g/mol. The molecule has 8 nitrogen and oxygen atoms in total. The molecule has 0 saturated heterocycles. The summed E-state index contributed by atoms with van der Waals surface area (Å²) >= 11 is 0. The highest BCUT2D eigenvalue weighted by molar-refractivity contribution is 6.19. The first-order valence-corrected chi connectivity index (χ1v) is 12.3. The number of amides is 1. The van der Waals surface area contributed by atoms with E-state index in [2.05, 4.69) is 15.0 Å². The van der Waals surface area contributed by atoms with Crippen LogP contribution in [0, 0.1) is 12.7 Å². The number of fused-ring (bicyclic) bond motifs is 4. The van der Waals surface area contributed by atoms with Crippen LogP contribution in [0.25, 0.3) is 49.7 Å². The van der Waals surface area contributed by atoms with E-state index in [4.69, 9.17) is 5.73 Å². The number of hydrogen-bond acceptors (Lipinski definition) is 5. The Kier molecular flexibility index (Phi) is 5.37. The maximum absolute atomic E-state index is 14.2. The standard InChI is InChI=1S/C30H24FN5O3/c1-15-17(6-5-9-23(15)36-14-34-25-19(29(36)38)7-4-8-21(25)31)26-24-18-11-10-16(30(2,3)39)12-22(18)35-27(24)20(13-33-26)28(32)37/h4-14,35,39H,1-3H3,(H2,32,37). The van der Waals surface area contributed by atoms with Gasteiger partial charge in [0.25, 0.3) is 11.5 Å². The van der Waals surface area contributed by atoms with E-state index in [0.29, 0.717) is 33.4 Å². The van der Waals surface area contributed by atoms with Crippen molar-refractivity contribution in [2.75, 3.05) is 0 Å². The van der Waals surface area contributed by atoms with Crippen molar-refractivity contribution in [3.8, 4) is 16.9 Å². The van der Waals surface area contributed by atoms with Crippen molar-refractivity contribution in [1.82, 2.24) is 19.5 Å². The number of aromatic amines is 1. The second kappa shape index (κ2) is 8.57. The molecule has 3 aromatic heterocycles. The summed E-state index contributed by atoms with van der Waals surface area (Å²) in [5, 5.41) is 12.2. The number of hydrogen-bond donors (Lipinski definition) is 3. The highest BCUT2D eigenvalue weighted by Gasteiger charge is 2.22. The number of rotatable bonds is 4. The van der Waals surface area contributed by atoms with Crippen LogP contribution in [0.15, 0.2) is 71.9 Å². The van der Waals surface area contributed by atoms with E-state index in [-0.39, 0.29) is 16.5 Å². The van der Waals surface area contributed by atoms with Crippen molar-refractivity contribution in [2.45, 2.75) is 26.4 Å². The Morgan fingerprint density at radius 3 is 2.59 bits per heavy atom. The average molecular weight is 522 g/mol. The Morgan fingerprint density at radius 2 is 1.85 bits per heavy atom. The minimum atomic E-state index is -1.06. The number of primary amides is 1. The van der Waals surface area contributed by atoms with Gasteiger partial charge in [0.2, 0.25) is 0 Å². The smallest absolute Gasteiger partial charge is 0.265 e. The Balaban J connectivity index is 1.63. The average Bonchev–Trinajstić information content (AvgIpc) is 3.28. The number of pyridine rings is 1. The van der Waals surface area contributed by atoms with Gasteiger partial charge < -0.3 is 15.8 Å². The fourth-order valence-electron chi connectivity index (χ4n) is 5.10. The van der Waals surface area contributed by atoms with Crippen molar-refractivity contribution < 1.29 is 14.3 Å². The van der Waals surface area contributed by atoms with Gasteiger partial charge in [-0.1, -0.05) is 30.3 Å². The first-order valence-electron chi connectivity index (χ1n) is 12.3. The molecule has 0 aliphatic rings. The van der Waals surface area contributed by atoms with Gasteiger partial charge in [0, 0.05) is 28.0 Å². The van der Waals surface area contributed by atoms with Crippen LogP contribution < -0.4 is 11.3 Å². The molecule has 194 valence electrons. The van der Waals surface area contributed by atoms with Crippen LogP contribution in [0.4, 0.5) is 4.39 Å². The minimum absolute atomic E-state index is 0.0159. The molecule has 0 saturated carbocycles. The summed E-state index contributed by atoms with van der Waals surface area (Å²) in [6, 6.07) is 15.3. The van der Waals surface area contributed by atoms with Crippen LogP contribution in [0.1, 0.15) is 35.3 Å². The number of carbonyl (C=O) groups is 1. The first kappa shape index (κ1) is 24.4.